The van der Waals surface area contributed by atoms with Crippen LogP contribution in [0.4, 0.5) is 5.13 Å². The van der Waals surface area contributed by atoms with Gasteiger partial charge >= 0.3 is 0 Å². The SMILES string of the molecule is Cc1csc(N2CCCN(C(=O)C3CCOCC3)CC2)n1.O=C(C1CCOCC1)N1CCCNCC1. The normalized spacial score (nSPS) is 22.9. The second-order valence-electron chi connectivity index (χ2n) is 10.1. The number of nitrogens with one attached hydrogen (secondary N) is 1. The first-order valence-electron chi connectivity index (χ1n) is 13.7. The molecular weight excluding hydrogens is 478 g/mol. The Labute approximate surface area is 219 Å². The molecule has 5 rings (SSSR count). The fraction of sp³-hybridized carbons (Fsp3) is 0.808. The van der Waals surface area contributed by atoms with E-state index in [1.807, 2.05) is 11.8 Å². The van der Waals surface area contributed by atoms with Gasteiger partial charge in [0.15, 0.2) is 5.13 Å². The van der Waals surface area contributed by atoms with Gasteiger partial charge in [-0.2, -0.15) is 0 Å². The van der Waals surface area contributed by atoms with Crippen molar-refractivity contribution in [1.29, 1.82) is 0 Å². The fourth-order valence-corrected chi connectivity index (χ4v) is 6.14. The molecule has 1 aromatic rings. The van der Waals surface area contributed by atoms with Crippen LogP contribution >= 0.6 is 11.3 Å². The summed E-state index contributed by atoms with van der Waals surface area (Å²) in [6.07, 6.45) is 5.67. The average Bonchev–Trinajstić information content (AvgIpc) is 3.12. The highest BCUT2D eigenvalue weighted by Crippen LogP contribution is 2.23. The van der Waals surface area contributed by atoms with Gasteiger partial charge in [-0.15, -0.1) is 11.3 Å². The summed E-state index contributed by atoms with van der Waals surface area (Å²) in [4.78, 5) is 35.7. The molecule has 0 radical (unpaired) electrons. The maximum atomic E-state index is 12.6. The highest BCUT2D eigenvalue weighted by molar-refractivity contribution is 7.13. The van der Waals surface area contributed by atoms with Crippen molar-refractivity contribution in [3.63, 3.8) is 0 Å². The highest BCUT2D eigenvalue weighted by atomic mass is 32.1. The molecule has 0 bridgehead atoms. The van der Waals surface area contributed by atoms with Crippen LogP contribution in [-0.2, 0) is 19.1 Å². The Morgan fingerprint density at radius 3 is 2.06 bits per heavy atom. The number of carbonyl (C=O) groups excluding carboxylic acids is 2. The second-order valence-corrected chi connectivity index (χ2v) is 11.0. The number of aryl methyl sites for hydroxylation is 1. The number of hydrogen-bond acceptors (Lipinski definition) is 8. The standard InChI is InChI=1S/C15H23N3O2S.C11H20N2O2/c1-12-11-21-15(16-12)18-6-2-5-17(7-8-18)14(19)13-3-9-20-10-4-13;14-11(10-2-8-15-9-3-10)13-6-1-4-12-5-7-13/h11,13H,2-10H2,1H3;10,12H,1-9H2. The minimum Gasteiger partial charge on any atom is -0.381 e. The number of rotatable bonds is 3. The van der Waals surface area contributed by atoms with Gasteiger partial charge in [-0.25, -0.2) is 4.98 Å². The van der Waals surface area contributed by atoms with Gasteiger partial charge in [-0.1, -0.05) is 0 Å². The Balaban J connectivity index is 0.000000179. The Hall–Kier alpha value is -1.75. The minimum atomic E-state index is 0.174. The summed E-state index contributed by atoms with van der Waals surface area (Å²) in [5.41, 5.74) is 1.08. The Bertz CT molecular complexity index is 817. The largest absolute Gasteiger partial charge is 0.381 e. The molecule has 2 amide bonds. The molecule has 36 heavy (non-hydrogen) atoms. The number of thiazole rings is 1. The number of ether oxygens (including phenoxy) is 2. The summed E-state index contributed by atoms with van der Waals surface area (Å²) >= 11 is 1.70. The summed E-state index contributed by atoms with van der Waals surface area (Å²) in [6, 6.07) is 0. The zero-order valence-electron chi connectivity index (χ0n) is 21.8. The number of amides is 2. The molecular formula is C26H43N5O4S. The van der Waals surface area contributed by atoms with Crippen molar-refractivity contribution in [2.45, 2.75) is 45.4 Å². The van der Waals surface area contributed by atoms with E-state index in [0.29, 0.717) is 11.8 Å². The van der Waals surface area contributed by atoms with Crippen LogP contribution < -0.4 is 10.2 Å². The molecule has 0 atom stereocenters. The summed E-state index contributed by atoms with van der Waals surface area (Å²) in [6.45, 7) is 12.3. The van der Waals surface area contributed by atoms with Crippen LogP contribution in [0, 0.1) is 18.8 Å². The van der Waals surface area contributed by atoms with E-state index in [4.69, 9.17) is 9.47 Å². The molecule has 9 nitrogen and oxygen atoms in total. The number of aromatic nitrogens is 1. The predicted molar refractivity (Wildman–Crippen MR) is 141 cm³/mol. The Morgan fingerprint density at radius 2 is 1.44 bits per heavy atom. The van der Waals surface area contributed by atoms with Crippen molar-refractivity contribution in [2.24, 2.45) is 11.8 Å². The van der Waals surface area contributed by atoms with E-state index in [2.05, 4.69) is 25.5 Å². The van der Waals surface area contributed by atoms with Crippen LogP contribution in [0.5, 0.6) is 0 Å². The zero-order valence-corrected chi connectivity index (χ0v) is 22.6. The maximum Gasteiger partial charge on any atom is 0.225 e. The quantitative estimate of drug-likeness (QED) is 0.652. The van der Waals surface area contributed by atoms with E-state index < -0.39 is 0 Å². The minimum absolute atomic E-state index is 0.174. The van der Waals surface area contributed by atoms with Gasteiger partial charge < -0.3 is 29.5 Å². The van der Waals surface area contributed by atoms with Crippen LogP contribution in [0.2, 0.25) is 0 Å². The van der Waals surface area contributed by atoms with E-state index in [1.54, 1.807) is 11.3 Å². The number of hydrogen-bond donors (Lipinski definition) is 1. The predicted octanol–water partition coefficient (Wildman–Crippen LogP) is 2.15. The second kappa shape index (κ2) is 14.3. The summed E-state index contributed by atoms with van der Waals surface area (Å²) in [5.74, 6) is 1.07. The first-order valence-corrected chi connectivity index (χ1v) is 14.6. The Morgan fingerprint density at radius 1 is 0.833 bits per heavy atom. The van der Waals surface area contributed by atoms with Gasteiger partial charge in [0, 0.05) is 89.5 Å². The molecule has 5 heterocycles. The van der Waals surface area contributed by atoms with Crippen molar-refractivity contribution in [1.82, 2.24) is 20.1 Å². The molecule has 0 spiro atoms. The molecule has 0 saturated carbocycles. The molecule has 202 valence electrons. The molecule has 4 aliphatic rings. The maximum absolute atomic E-state index is 12.6. The monoisotopic (exact) mass is 521 g/mol. The summed E-state index contributed by atoms with van der Waals surface area (Å²) < 4.78 is 10.6. The van der Waals surface area contributed by atoms with Crippen molar-refractivity contribution in [3.8, 4) is 0 Å². The lowest BCUT2D eigenvalue weighted by molar-refractivity contribution is -0.139. The van der Waals surface area contributed by atoms with Gasteiger partial charge in [-0.05, 0) is 52.0 Å². The molecule has 4 fully saturated rings. The summed E-state index contributed by atoms with van der Waals surface area (Å²) in [5, 5.41) is 6.50. The van der Waals surface area contributed by atoms with Crippen molar-refractivity contribution >= 4 is 28.3 Å². The van der Waals surface area contributed by atoms with Gasteiger partial charge in [0.1, 0.15) is 0 Å². The molecule has 0 aliphatic carbocycles. The van der Waals surface area contributed by atoms with Crippen molar-refractivity contribution in [3.05, 3.63) is 11.1 Å². The van der Waals surface area contributed by atoms with E-state index in [1.165, 1.54) is 0 Å². The van der Waals surface area contributed by atoms with Gasteiger partial charge in [-0.3, -0.25) is 9.59 Å². The van der Waals surface area contributed by atoms with Gasteiger partial charge in [0.05, 0.1) is 5.69 Å². The van der Waals surface area contributed by atoms with Crippen molar-refractivity contribution < 1.29 is 19.1 Å². The third-order valence-corrected chi connectivity index (χ3v) is 8.50. The molecule has 10 heteroatoms. The van der Waals surface area contributed by atoms with Crippen LogP contribution in [0.3, 0.4) is 0 Å². The number of anilines is 1. The topological polar surface area (TPSA) is 87.2 Å². The molecule has 0 aromatic carbocycles. The molecule has 0 unspecified atom stereocenters. The average molecular weight is 522 g/mol. The number of nitrogens with zero attached hydrogens (tertiary/aromatic N) is 4. The summed E-state index contributed by atoms with van der Waals surface area (Å²) in [7, 11) is 0. The van der Waals surface area contributed by atoms with Crippen LogP contribution in [0.15, 0.2) is 5.38 Å². The van der Waals surface area contributed by atoms with E-state index >= 15 is 0 Å². The van der Waals surface area contributed by atoms with Gasteiger partial charge in [0.2, 0.25) is 11.8 Å². The highest BCUT2D eigenvalue weighted by Gasteiger charge is 2.28. The van der Waals surface area contributed by atoms with Crippen LogP contribution in [0.1, 0.15) is 44.2 Å². The lowest BCUT2D eigenvalue weighted by Gasteiger charge is -2.28. The molecule has 1 aromatic heterocycles. The molecule has 4 aliphatic heterocycles. The van der Waals surface area contributed by atoms with Crippen LogP contribution in [-0.4, -0.2) is 105 Å². The van der Waals surface area contributed by atoms with Crippen LogP contribution in [0.25, 0.3) is 0 Å². The molecule has 1 N–H and O–H groups in total. The lowest BCUT2D eigenvalue weighted by Crippen LogP contribution is -2.40. The van der Waals surface area contributed by atoms with E-state index in [-0.39, 0.29) is 11.8 Å². The van der Waals surface area contributed by atoms with E-state index in [9.17, 15) is 9.59 Å². The smallest absolute Gasteiger partial charge is 0.225 e. The fourth-order valence-electron chi connectivity index (χ4n) is 5.29. The number of carbonyl (C=O) groups is 2. The van der Waals surface area contributed by atoms with Gasteiger partial charge in [0.25, 0.3) is 0 Å². The van der Waals surface area contributed by atoms with E-state index in [0.717, 1.165) is 128 Å². The Kier molecular flexibility index (Phi) is 10.8. The molecule has 4 saturated heterocycles. The first kappa shape index (κ1) is 27.3. The van der Waals surface area contributed by atoms with Crippen molar-refractivity contribution in [2.75, 3.05) is 83.7 Å². The zero-order chi connectivity index (χ0) is 25.2. The lowest BCUT2D eigenvalue weighted by atomic mass is 9.98. The third kappa shape index (κ3) is 7.87. The first-order chi connectivity index (χ1) is 17.6. The third-order valence-electron chi connectivity index (χ3n) is 7.48.